The van der Waals surface area contributed by atoms with Crippen molar-refractivity contribution in [1.29, 1.82) is 0 Å². The van der Waals surface area contributed by atoms with E-state index in [4.69, 9.17) is 9.47 Å². The molecule has 1 atom stereocenters. The molecule has 4 nitrogen and oxygen atoms in total. The Kier molecular flexibility index (Phi) is 4.78. The molecular weight excluding hydrogens is 330 g/mol. The second kappa shape index (κ2) is 6.68. The van der Waals surface area contributed by atoms with E-state index in [1.807, 2.05) is 0 Å². The van der Waals surface area contributed by atoms with Gasteiger partial charge in [-0.25, -0.2) is 4.39 Å². The number of hydrogen-bond acceptors (Lipinski definition) is 3. The van der Waals surface area contributed by atoms with Gasteiger partial charge in [-0.3, -0.25) is 4.79 Å². The zero-order valence-corrected chi connectivity index (χ0v) is 12.8. The fraction of sp³-hybridized carbons (Fsp3) is 0.562. The zero-order valence-electron chi connectivity index (χ0n) is 12.8. The maximum absolute atomic E-state index is 14.2. The first-order valence-corrected chi connectivity index (χ1v) is 7.76. The van der Waals surface area contributed by atoms with Crippen LogP contribution in [0, 0.1) is 11.7 Å². The molecule has 0 aromatic heterocycles. The number of piperidine rings is 1. The summed E-state index contributed by atoms with van der Waals surface area (Å²) in [6.45, 7) is 1.62. The average Bonchev–Trinajstić information content (AvgIpc) is 3.08. The predicted molar refractivity (Wildman–Crippen MR) is 75.7 cm³/mol. The van der Waals surface area contributed by atoms with Gasteiger partial charge in [0.25, 0.3) is 5.91 Å². The molecular formula is C16H17F4NO3. The molecule has 8 heteroatoms. The third-order valence-corrected chi connectivity index (χ3v) is 4.31. The topological polar surface area (TPSA) is 38.8 Å². The summed E-state index contributed by atoms with van der Waals surface area (Å²) in [5.74, 6) is -2.31. The van der Waals surface area contributed by atoms with E-state index in [0.717, 1.165) is 18.6 Å². The summed E-state index contributed by atoms with van der Waals surface area (Å²) >= 11 is 0. The molecule has 0 N–H and O–H groups in total. The van der Waals surface area contributed by atoms with Crippen LogP contribution in [-0.4, -0.2) is 43.4 Å². The lowest BCUT2D eigenvalue weighted by Crippen LogP contribution is -2.44. The quantitative estimate of drug-likeness (QED) is 0.772. The molecule has 1 aromatic carbocycles. The first-order valence-electron chi connectivity index (χ1n) is 7.76. The van der Waals surface area contributed by atoms with Crippen molar-refractivity contribution >= 4 is 5.91 Å². The number of rotatable bonds is 2. The van der Waals surface area contributed by atoms with Gasteiger partial charge in [-0.05, 0) is 25.0 Å². The summed E-state index contributed by atoms with van der Waals surface area (Å²) in [7, 11) is 0. The number of alkyl halides is 3. The molecule has 0 radical (unpaired) electrons. The minimum absolute atomic E-state index is 0.0564. The van der Waals surface area contributed by atoms with Crippen molar-refractivity contribution in [2.75, 3.05) is 26.3 Å². The van der Waals surface area contributed by atoms with Crippen molar-refractivity contribution in [3.8, 4) is 0 Å². The summed E-state index contributed by atoms with van der Waals surface area (Å²) in [4.78, 5) is 13.9. The highest BCUT2D eigenvalue weighted by Gasteiger charge is 2.38. The molecule has 132 valence electrons. The van der Waals surface area contributed by atoms with Crippen molar-refractivity contribution in [3.63, 3.8) is 0 Å². The van der Waals surface area contributed by atoms with Gasteiger partial charge in [0.05, 0.1) is 24.3 Å². The Morgan fingerprint density at radius 1 is 1.21 bits per heavy atom. The molecule has 2 aliphatic rings. The molecule has 0 aliphatic carbocycles. The van der Waals surface area contributed by atoms with Crippen molar-refractivity contribution in [2.45, 2.75) is 25.3 Å². The summed E-state index contributed by atoms with van der Waals surface area (Å²) in [6.07, 6.45) is -3.79. The van der Waals surface area contributed by atoms with E-state index in [0.29, 0.717) is 32.2 Å². The maximum atomic E-state index is 14.2. The van der Waals surface area contributed by atoms with Crippen LogP contribution < -0.4 is 0 Å². The Hall–Kier alpha value is -1.67. The van der Waals surface area contributed by atoms with E-state index in [-0.39, 0.29) is 12.5 Å². The van der Waals surface area contributed by atoms with Crippen molar-refractivity contribution < 1.29 is 31.8 Å². The normalized spacial score (nSPS) is 22.8. The van der Waals surface area contributed by atoms with Gasteiger partial charge in [0.2, 0.25) is 0 Å². The number of halogens is 4. The Bertz CT molecular complexity index is 614. The highest BCUT2D eigenvalue weighted by molar-refractivity contribution is 5.94. The van der Waals surface area contributed by atoms with Gasteiger partial charge in [-0.15, -0.1) is 0 Å². The van der Waals surface area contributed by atoms with Gasteiger partial charge in [0.15, 0.2) is 6.29 Å². The van der Waals surface area contributed by atoms with Gasteiger partial charge < -0.3 is 14.4 Å². The smallest absolute Gasteiger partial charge is 0.350 e. The van der Waals surface area contributed by atoms with E-state index in [1.54, 1.807) is 0 Å². The lowest BCUT2D eigenvalue weighted by molar-refractivity contribution is -0.140. The molecule has 3 rings (SSSR count). The summed E-state index contributed by atoms with van der Waals surface area (Å²) in [6, 6.07) is 2.76. The van der Waals surface area contributed by atoms with Crippen molar-refractivity contribution in [3.05, 3.63) is 35.1 Å². The van der Waals surface area contributed by atoms with Crippen LogP contribution in [0.15, 0.2) is 18.2 Å². The molecule has 1 aromatic rings. The standard InChI is InChI=1S/C16H17F4NO3/c17-13-11(4-1-5-12(13)16(18,19)20)14(22)21-6-2-3-10(9-21)15-23-7-8-24-15/h1,4-5,10,15H,2-3,6-9H2. The fourth-order valence-electron chi connectivity index (χ4n) is 3.15. The van der Waals surface area contributed by atoms with E-state index >= 15 is 0 Å². The molecule has 2 saturated heterocycles. The zero-order chi connectivity index (χ0) is 17.3. The molecule has 0 saturated carbocycles. The van der Waals surface area contributed by atoms with Crippen molar-refractivity contribution in [2.24, 2.45) is 5.92 Å². The molecule has 0 bridgehead atoms. The Balaban J connectivity index is 1.78. The largest absolute Gasteiger partial charge is 0.419 e. The monoisotopic (exact) mass is 347 g/mol. The van der Waals surface area contributed by atoms with Crippen molar-refractivity contribution in [1.82, 2.24) is 4.90 Å². The second-order valence-electron chi connectivity index (χ2n) is 5.93. The number of carbonyl (C=O) groups is 1. The highest BCUT2D eigenvalue weighted by atomic mass is 19.4. The number of amides is 1. The number of carbonyl (C=O) groups excluding carboxylic acids is 1. The predicted octanol–water partition coefficient (Wildman–Crippen LogP) is 3.07. The van der Waals surface area contributed by atoms with Gasteiger partial charge in [-0.1, -0.05) is 6.07 Å². The number of ether oxygens (including phenoxy) is 2. The second-order valence-corrected chi connectivity index (χ2v) is 5.93. The summed E-state index contributed by atoms with van der Waals surface area (Å²) < 4.78 is 63.4. The van der Waals surface area contributed by atoms with Crippen LogP contribution in [0.4, 0.5) is 17.6 Å². The Morgan fingerprint density at radius 3 is 2.58 bits per heavy atom. The lowest BCUT2D eigenvalue weighted by Gasteiger charge is -2.34. The van der Waals surface area contributed by atoms with Crippen LogP contribution in [0.1, 0.15) is 28.8 Å². The molecule has 1 unspecified atom stereocenters. The Labute approximate surface area is 136 Å². The minimum Gasteiger partial charge on any atom is -0.350 e. The third-order valence-electron chi connectivity index (χ3n) is 4.31. The minimum atomic E-state index is -4.84. The van der Waals surface area contributed by atoms with E-state index in [2.05, 4.69) is 0 Å². The molecule has 0 spiro atoms. The molecule has 2 aliphatic heterocycles. The van der Waals surface area contributed by atoms with E-state index < -0.39 is 35.3 Å². The first-order chi connectivity index (χ1) is 11.4. The maximum Gasteiger partial charge on any atom is 0.419 e. The number of benzene rings is 1. The van der Waals surface area contributed by atoms with Gasteiger partial charge in [0, 0.05) is 19.0 Å². The average molecular weight is 347 g/mol. The van der Waals surface area contributed by atoms with Crippen LogP contribution in [0.25, 0.3) is 0 Å². The SMILES string of the molecule is O=C(c1cccc(C(F)(F)F)c1F)N1CCCC(C2OCCO2)C1. The van der Waals surface area contributed by atoms with E-state index in [9.17, 15) is 22.4 Å². The molecule has 2 fully saturated rings. The van der Waals surface area contributed by atoms with E-state index in [1.165, 1.54) is 4.90 Å². The number of likely N-dealkylation sites (tertiary alicyclic amines) is 1. The lowest BCUT2D eigenvalue weighted by atomic mass is 9.96. The van der Waals surface area contributed by atoms with Crippen LogP contribution in [0.3, 0.4) is 0 Å². The van der Waals surface area contributed by atoms with Gasteiger partial charge in [-0.2, -0.15) is 13.2 Å². The fourth-order valence-corrected chi connectivity index (χ4v) is 3.15. The summed E-state index contributed by atoms with van der Waals surface area (Å²) in [5.41, 5.74) is -1.98. The number of hydrogen-bond donors (Lipinski definition) is 0. The molecule has 2 heterocycles. The number of nitrogens with zero attached hydrogens (tertiary/aromatic N) is 1. The first kappa shape index (κ1) is 17.2. The third kappa shape index (κ3) is 3.39. The van der Waals surface area contributed by atoms with Crippen LogP contribution in [0.2, 0.25) is 0 Å². The van der Waals surface area contributed by atoms with Crippen LogP contribution in [-0.2, 0) is 15.7 Å². The van der Waals surface area contributed by atoms with Gasteiger partial charge >= 0.3 is 6.18 Å². The van der Waals surface area contributed by atoms with Crippen LogP contribution in [0.5, 0.6) is 0 Å². The van der Waals surface area contributed by atoms with Crippen LogP contribution >= 0.6 is 0 Å². The highest BCUT2D eigenvalue weighted by Crippen LogP contribution is 2.33. The Morgan fingerprint density at radius 2 is 1.92 bits per heavy atom. The molecule has 1 amide bonds. The summed E-state index contributed by atoms with van der Waals surface area (Å²) in [5, 5.41) is 0. The molecule has 24 heavy (non-hydrogen) atoms. The van der Waals surface area contributed by atoms with Gasteiger partial charge in [0.1, 0.15) is 5.82 Å².